The zero-order chi connectivity index (χ0) is 26.4. The number of amides is 3. The molecular formula is C28H36N6O3. The van der Waals surface area contributed by atoms with Crippen LogP contribution in [-0.4, -0.2) is 44.6 Å². The van der Waals surface area contributed by atoms with E-state index in [-0.39, 0.29) is 18.1 Å². The summed E-state index contributed by atoms with van der Waals surface area (Å²) < 4.78 is 7.15. The Bertz CT molecular complexity index is 1180. The molecule has 1 fully saturated rings. The van der Waals surface area contributed by atoms with E-state index in [1.807, 2.05) is 76.5 Å². The van der Waals surface area contributed by atoms with Crippen molar-refractivity contribution in [2.24, 2.45) is 7.05 Å². The van der Waals surface area contributed by atoms with Crippen LogP contribution in [0.5, 0.6) is 0 Å². The summed E-state index contributed by atoms with van der Waals surface area (Å²) in [4.78, 5) is 32.1. The summed E-state index contributed by atoms with van der Waals surface area (Å²) >= 11 is 0. The third-order valence-electron chi connectivity index (χ3n) is 6.32. The van der Waals surface area contributed by atoms with Gasteiger partial charge in [-0.3, -0.25) is 9.58 Å². The smallest absolute Gasteiger partial charge is 0.407 e. The monoisotopic (exact) mass is 504 g/mol. The number of pyridine rings is 1. The Kier molecular flexibility index (Phi) is 8.11. The van der Waals surface area contributed by atoms with Crippen LogP contribution in [0, 0.1) is 0 Å². The first-order chi connectivity index (χ1) is 17.7. The molecule has 9 nitrogen and oxygen atoms in total. The summed E-state index contributed by atoms with van der Waals surface area (Å²) in [7, 11) is 1.87. The molecular weight excluding hydrogens is 468 g/mol. The average molecular weight is 505 g/mol. The van der Waals surface area contributed by atoms with Gasteiger partial charge in [-0.2, -0.15) is 5.10 Å². The van der Waals surface area contributed by atoms with E-state index in [2.05, 4.69) is 20.7 Å². The van der Waals surface area contributed by atoms with Gasteiger partial charge in [-0.15, -0.1) is 0 Å². The van der Waals surface area contributed by atoms with E-state index in [0.717, 1.165) is 42.4 Å². The molecule has 37 heavy (non-hydrogen) atoms. The highest BCUT2D eigenvalue weighted by atomic mass is 16.6. The van der Waals surface area contributed by atoms with Crippen LogP contribution in [0.25, 0.3) is 11.1 Å². The molecule has 0 saturated heterocycles. The summed E-state index contributed by atoms with van der Waals surface area (Å²) in [6.45, 7) is 5.98. The van der Waals surface area contributed by atoms with Crippen molar-refractivity contribution in [3.05, 3.63) is 66.6 Å². The van der Waals surface area contributed by atoms with Crippen molar-refractivity contribution in [1.29, 1.82) is 0 Å². The van der Waals surface area contributed by atoms with Gasteiger partial charge < -0.3 is 15.4 Å². The van der Waals surface area contributed by atoms with Gasteiger partial charge in [0.15, 0.2) is 0 Å². The number of hydrogen-bond donors (Lipinski definition) is 2. The van der Waals surface area contributed by atoms with Crippen LogP contribution in [-0.2, 0) is 18.3 Å². The van der Waals surface area contributed by atoms with Crippen molar-refractivity contribution in [2.45, 2.75) is 70.7 Å². The number of aryl methyl sites for hydroxylation is 1. The van der Waals surface area contributed by atoms with Crippen LogP contribution in [0.1, 0.15) is 52.0 Å². The SMILES string of the molecule is Cn1cc(-c2ccc(N(C(=O)NCc3ccccc3)C3CCC(NC(=O)OC(C)(C)C)CC3)nc2)cn1. The third kappa shape index (κ3) is 7.31. The highest BCUT2D eigenvalue weighted by molar-refractivity contribution is 5.91. The summed E-state index contributed by atoms with van der Waals surface area (Å²) in [6.07, 6.45) is 8.08. The Hall–Kier alpha value is -3.88. The predicted molar refractivity (Wildman–Crippen MR) is 143 cm³/mol. The predicted octanol–water partition coefficient (Wildman–Crippen LogP) is 5.03. The van der Waals surface area contributed by atoms with Crippen LogP contribution in [0.4, 0.5) is 15.4 Å². The fourth-order valence-corrected chi connectivity index (χ4v) is 4.54. The minimum absolute atomic E-state index is 0.0150. The van der Waals surface area contributed by atoms with Gasteiger partial charge in [0.05, 0.1) is 6.20 Å². The standard InChI is InChI=1S/C28H36N6O3/c1-28(2,3)37-27(36)32-23-11-13-24(14-12-23)34(26(35)30-16-20-8-6-5-7-9-20)25-15-10-21(17-29-25)22-18-31-33(4)19-22/h5-10,15,17-19,23-24H,11-14,16H2,1-4H3,(H,30,35)(H,32,36). The molecule has 196 valence electrons. The molecule has 1 aliphatic carbocycles. The van der Waals surface area contributed by atoms with Crippen LogP contribution >= 0.6 is 0 Å². The van der Waals surface area contributed by atoms with E-state index in [4.69, 9.17) is 4.74 Å². The lowest BCUT2D eigenvalue weighted by molar-refractivity contribution is 0.0491. The second kappa shape index (κ2) is 11.5. The molecule has 2 N–H and O–H groups in total. The van der Waals surface area contributed by atoms with Crippen LogP contribution in [0.15, 0.2) is 61.1 Å². The number of ether oxygens (including phenoxy) is 1. The molecule has 3 aromatic rings. The van der Waals surface area contributed by atoms with Crippen molar-refractivity contribution in [3.63, 3.8) is 0 Å². The van der Waals surface area contributed by atoms with Gasteiger partial charge in [-0.1, -0.05) is 30.3 Å². The number of hydrogen-bond acceptors (Lipinski definition) is 5. The molecule has 9 heteroatoms. The zero-order valence-electron chi connectivity index (χ0n) is 22.0. The van der Waals surface area contributed by atoms with Gasteiger partial charge in [-0.05, 0) is 64.2 Å². The maximum absolute atomic E-state index is 13.5. The van der Waals surface area contributed by atoms with Gasteiger partial charge in [-0.25, -0.2) is 14.6 Å². The van der Waals surface area contributed by atoms with Crippen molar-refractivity contribution >= 4 is 17.9 Å². The Labute approximate surface area is 218 Å². The number of urea groups is 1. The lowest BCUT2D eigenvalue weighted by Gasteiger charge is -2.36. The van der Waals surface area contributed by atoms with Crippen molar-refractivity contribution < 1.29 is 14.3 Å². The molecule has 0 spiro atoms. The number of rotatable bonds is 6. The van der Waals surface area contributed by atoms with Crippen molar-refractivity contribution in [1.82, 2.24) is 25.4 Å². The number of carbonyl (C=O) groups excluding carboxylic acids is 2. The first kappa shape index (κ1) is 26.2. The van der Waals surface area contributed by atoms with E-state index >= 15 is 0 Å². The Balaban J connectivity index is 1.46. The summed E-state index contributed by atoms with van der Waals surface area (Å²) in [5.74, 6) is 0.599. The maximum Gasteiger partial charge on any atom is 0.407 e. The van der Waals surface area contributed by atoms with E-state index in [1.54, 1.807) is 22.0 Å². The van der Waals surface area contributed by atoms with Gasteiger partial charge in [0.1, 0.15) is 11.4 Å². The van der Waals surface area contributed by atoms with E-state index < -0.39 is 11.7 Å². The number of aromatic nitrogens is 3. The molecule has 4 rings (SSSR count). The van der Waals surface area contributed by atoms with Gasteiger partial charge in [0.25, 0.3) is 0 Å². The topological polar surface area (TPSA) is 101 Å². The average Bonchev–Trinajstić information content (AvgIpc) is 3.30. The fourth-order valence-electron chi connectivity index (χ4n) is 4.54. The van der Waals surface area contributed by atoms with Crippen LogP contribution in [0.2, 0.25) is 0 Å². The Morgan fingerprint density at radius 2 is 1.76 bits per heavy atom. The summed E-state index contributed by atoms with van der Waals surface area (Å²) in [5.41, 5.74) is 2.39. The fraction of sp³-hybridized carbons (Fsp3) is 0.429. The van der Waals surface area contributed by atoms with Crippen molar-refractivity contribution in [2.75, 3.05) is 4.90 Å². The zero-order valence-corrected chi connectivity index (χ0v) is 22.0. The molecule has 2 aromatic heterocycles. The number of nitrogens with zero attached hydrogens (tertiary/aromatic N) is 4. The molecule has 1 saturated carbocycles. The summed E-state index contributed by atoms with van der Waals surface area (Å²) in [6, 6.07) is 13.5. The van der Waals surface area contributed by atoms with Crippen LogP contribution < -0.4 is 15.5 Å². The Morgan fingerprint density at radius 3 is 2.35 bits per heavy atom. The number of carbonyl (C=O) groups is 2. The second-order valence-corrected chi connectivity index (χ2v) is 10.5. The Morgan fingerprint density at radius 1 is 1.03 bits per heavy atom. The number of nitrogens with one attached hydrogen (secondary N) is 2. The molecule has 0 aliphatic heterocycles. The second-order valence-electron chi connectivity index (χ2n) is 10.5. The van der Waals surface area contributed by atoms with E-state index in [0.29, 0.717) is 12.4 Å². The molecule has 2 heterocycles. The van der Waals surface area contributed by atoms with Crippen molar-refractivity contribution in [3.8, 4) is 11.1 Å². The van der Waals surface area contributed by atoms with Gasteiger partial charge in [0.2, 0.25) is 0 Å². The molecule has 0 bridgehead atoms. The minimum Gasteiger partial charge on any atom is -0.444 e. The molecule has 3 amide bonds. The molecule has 0 unspecified atom stereocenters. The van der Waals surface area contributed by atoms with E-state index in [9.17, 15) is 9.59 Å². The lowest BCUT2D eigenvalue weighted by atomic mass is 9.90. The highest BCUT2D eigenvalue weighted by Gasteiger charge is 2.32. The molecule has 1 aromatic carbocycles. The highest BCUT2D eigenvalue weighted by Crippen LogP contribution is 2.28. The quantitative estimate of drug-likeness (QED) is 0.490. The minimum atomic E-state index is -0.539. The third-order valence-corrected chi connectivity index (χ3v) is 6.32. The van der Waals surface area contributed by atoms with E-state index in [1.165, 1.54) is 0 Å². The number of anilines is 1. The first-order valence-corrected chi connectivity index (χ1v) is 12.7. The maximum atomic E-state index is 13.5. The van der Waals surface area contributed by atoms with Gasteiger partial charge in [0, 0.05) is 49.2 Å². The number of alkyl carbamates (subject to hydrolysis) is 1. The normalized spacial score (nSPS) is 17.6. The largest absolute Gasteiger partial charge is 0.444 e. The number of benzene rings is 1. The molecule has 0 radical (unpaired) electrons. The lowest BCUT2D eigenvalue weighted by Crippen LogP contribution is -2.50. The summed E-state index contributed by atoms with van der Waals surface area (Å²) in [5, 5.41) is 10.3. The first-order valence-electron chi connectivity index (χ1n) is 12.7. The van der Waals surface area contributed by atoms with Gasteiger partial charge >= 0.3 is 12.1 Å². The molecule has 0 atom stereocenters. The molecule has 1 aliphatic rings. The van der Waals surface area contributed by atoms with Crippen LogP contribution in [0.3, 0.4) is 0 Å².